The molecule has 3 N–H and O–H groups in total. The van der Waals surface area contributed by atoms with Gasteiger partial charge in [0.25, 0.3) is 0 Å². The van der Waals surface area contributed by atoms with Gasteiger partial charge in [0.2, 0.25) is 0 Å². The minimum Gasteiger partial charge on any atom is -0.497 e. The molecule has 0 saturated carbocycles. The lowest BCUT2D eigenvalue weighted by Gasteiger charge is -2.13. The van der Waals surface area contributed by atoms with Crippen molar-refractivity contribution in [3.05, 3.63) is 40.6 Å². The first-order valence-electron chi connectivity index (χ1n) is 5.42. The predicted molar refractivity (Wildman–Crippen MR) is 77.4 cm³/mol. The smallest absolute Gasteiger partial charge is 0.119 e. The first-order chi connectivity index (χ1) is 8.61. The Hall–Kier alpha value is -1.75. The monoisotopic (exact) mass is 307 g/mol. The second-order valence-corrected chi connectivity index (χ2v) is 4.75. The lowest BCUT2D eigenvalue weighted by Crippen LogP contribution is -1.99. The van der Waals surface area contributed by atoms with Crippen LogP contribution in [-0.2, 0) is 0 Å². The van der Waals surface area contributed by atoms with Crippen molar-refractivity contribution in [2.75, 3.05) is 18.2 Å². The maximum absolute atomic E-state index is 5.90. The van der Waals surface area contributed by atoms with Crippen LogP contribution >= 0.6 is 15.9 Å². The Kier molecular flexibility index (Phi) is 3.72. The average Bonchev–Trinajstić information content (AvgIpc) is 2.35. The minimum atomic E-state index is 0.597. The quantitative estimate of drug-likeness (QED) is 0.911. The molecule has 0 bridgehead atoms. The van der Waals surface area contributed by atoms with Gasteiger partial charge in [0.15, 0.2) is 0 Å². The van der Waals surface area contributed by atoms with E-state index in [2.05, 4.69) is 26.2 Å². The van der Waals surface area contributed by atoms with Gasteiger partial charge in [0.1, 0.15) is 5.75 Å². The highest BCUT2D eigenvalue weighted by Gasteiger charge is 2.07. The number of hydrogen-bond acceptors (Lipinski definition) is 4. The normalized spacial score (nSPS) is 10.2. The molecule has 0 radical (unpaired) electrons. The van der Waals surface area contributed by atoms with E-state index in [1.807, 2.05) is 25.1 Å². The highest BCUT2D eigenvalue weighted by Crippen LogP contribution is 2.32. The van der Waals surface area contributed by atoms with E-state index in [0.717, 1.165) is 27.2 Å². The number of aryl methyl sites for hydroxylation is 1. The molecular weight excluding hydrogens is 294 g/mol. The summed E-state index contributed by atoms with van der Waals surface area (Å²) < 4.78 is 6.01. The number of ether oxygens (including phenoxy) is 1. The number of pyridine rings is 1. The zero-order valence-electron chi connectivity index (χ0n) is 10.2. The van der Waals surface area contributed by atoms with Crippen molar-refractivity contribution in [3.63, 3.8) is 0 Å². The number of anilines is 3. The van der Waals surface area contributed by atoms with Gasteiger partial charge in [-0.25, -0.2) is 0 Å². The Labute approximate surface area is 114 Å². The van der Waals surface area contributed by atoms with E-state index >= 15 is 0 Å². The van der Waals surface area contributed by atoms with Crippen LogP contribution in [0.15, 0.2) is 35.1 Å². The number of nitrogens with two attached hydrogens (primary N) is 1. The third kappa shape index (κ3) is 2.56. The molecule has 0 fully saturated rings. The number of nitrogen functional groups attached to an aromatic ring is 1. The zero-order valence-corrected chi connectivity index (χ0v) is 11.8. The first kappa shape index (κ1) is 12.7. The maximum Gasteiger partial charge on any atom is 0.119 e. The molecule has 0 aliphatic rings. The van der Waals surface area contributed by atoms with Crippen LogP contribution in [0.5, 0.6) is 5.75 Å². The van der Waals surface area contributed by atoms with Gasteiger partial charge >= 0.3 is 0 Å². The lowest BCUT2D eigenvalue weighted by atomic mass is 10.2. The van der Waals surface area contributed by atoms with Crippen LogP contribution in [0.2, 0.25) is 0 Å². The summed E-state index contributed by atoms with van der Waals surface area (Å²) in [6.45, 7) is 2.01. The molecule has 0 aliphatic heterocycles. The van der Waals surface area contributed by atoms with Gasteiger partial charge in [-0.2, -0.15) is 0 Å². The average molecular weight is 308 g/mol. The zero-order chi connectivity index (χ0) is 13.1. The number of nitrogens with one attached hydrogen (secondary N) is 1. The summed E-state index contributed by atoms with van der Waals surface area (Å²) in [6.07, 6.45) is 3.32. The standard InChI is InChI=1S/C13H14BrN3O/c1-8-5-9(18-2)3-4-12(8)17-13-10(14)6-16-7-11(13)15/h3-7H,15H2,1-2H3,(H,16,17). The van der Waals surface area contributed by atoms with Crippen molar-refractivity contribution in [2.45, 2.75) is 6.92 Å². The Bertz CT molecular complexity index is 552. The summed E-state index contributed by atoms with van der Waals surface area (Å²) in [5.41, 5.74) is 9.37. The number of halogens is 1. The number of methoxy groups -OCH3 is 1. The third-order valence-corrected chi connectivity index (χ3v) is 3.22. The molecule has 2 rings (SSSR count). The van der Waals surface area contributed by atoms with Crippen LogP contribution in [0.3, 0.4) is 0 Å². The SMILES string of the molecule is COc1ccc(Nc2c(N)cncc2Br)c(C)c1. The van der Waals surface area contributed by atoms with E-state index in [-0.39, 0.29) is 0 Å². The number of hydrogen-bond donors (Lipinski definition) is 2. The second-order valence-electron chi connectivity index (χ2n) is 3.89. The fourth-order valence-corrected chi connectivity index (χ4v) is 2.07. The van der Waals surface area contributed by atoms with E-state index in [9.17, 15) is 0 Å². The summed E-state index contributed by atoms with van der Waals surface area (Å²) in [5.74, 6) is 0.833. The van der Waals surface area contributed by atoms with E-state index in [1.165, 1.54) is 0 Å². The van der Waals surface area contributed by atoms with E-state index < -0.39 is 0 Å². The van der Waals surface area contributed by atoms with Crippen molar-refractivity contribution in [3.8, 4) is 5.75 Å². The van der Waals surface area contributed by atoms with Gasteiger partial charge in [-0.05, 0) is 46.6 Å². The van der Waals surface area contributed by atoms with Crippen molar-refractivity contribution in [2.24, 2.45) is 0 Å². The summed E-state index contributed by atoms with van der Waals surface area (Å²) in [5, 5.41) is 3.29. The Morgan fingerprint density at radius 3 is 2.72 bits per heavy atom. The molecule has 0 saturated heterocycles. The summed E-state index contributed by atoms with van der Waals surface area (Å²) in [7, 11) is 1.65. The molecule has 1 heterocycles. The van der Waals surface area contributed by atoms with E-state index in [0.29, 0.717) is 5.69 Å². The molecule has 18 heavy (non-hydrogen) atoms. The van der Waals surface area contributed by atoms with Gasteiger partial charge in [0.05, 0.1) is 29.2 Å². The predicted octanol–water partition coefficient (Wildman–Crippen LogP) is 3.49. The molecule has 2 aromatic rings. The number of benzene rings is 1. The molecule has 0 amide bonds. The van der Waals surface area contributed by atoms with Gasteiger partial charge in [-0.3, -0.25) is 4.98 Å². The van der Waals surface area contributed by atoms with Gasteiger partial charge in [-0.15, -0.1) is 0 Å². The Balaban J connectivity index is 2.34. The van der Waals surface area contributed by atoms with Gasteiger partial charge in [-0.1, -0.05) is 0 Å². The van der Waals surface area contributed by atoms with E-state index in [4.69, 9.17) is 10.5 Å². The summed E-state index contributed by atoms with van der Waals surface area (Å²) >= 11 is 3.43. The maximum atomic E-state index is 5.90. The molecule has 5 heteroatoms. The minimum absolute atomic E-state index is 0.597. The molecule has 4 nitrogen and oxygen atoms in total. The second kappa shape index (κ2) is 5.27. The van der Waals surface area contributed by atoms with Gasteiger partial charge < -0.3 is 15.8 Å². The van der Waals surface area contributed by atoms with Crippen LogP contribution < -0.4 is 15.8 Å². The van der Waals surface area contributed by atoms with Crippen LogP contribution in [0, 0.1) is 6.92 Å². The van der Waals surface area contributed by atoms with Crippen molar-refractivity contribution in [1.82, 2.24) is 4.98 Å². The molecular formula is C13H14BrN3O. The number of aromatic nitrogens is 1. The topological polar surface area (TPSA) is 60.2 Å². The largest absolute Gasteiger partial charge is 0.497 e. The lowest BCUT2D eigenvalue weighted by molar-refractivity contribution is 0.414. The first-order valence-corrected chi connectivity index (χ1v) is 6.21. The molecule has 94 valence electrons. The van der Waals surface area contributed by atoms with Crippen LogP contribution in [-0.4, -0.2) is 12.1 Å². The molecule has 0 aliphatic carbocycles. The summed E-state index contributed by atoms with van der Waals surface area (Å²) in [6, 6.07) is 5.83. The molecule has 0 spiro atoms. The molecule has 1 aromatic heterocycles. The van der Waals surface area contributed by atoms with Crippen molar-refractivity contribution < 1.29 is 4.74 Å². The number of nitrogens with zero attached hydrogens (tertiary/aromatic N) is 1. The number of rotatable bonds is 3. The molecule has 0 atom stereocenters. The third-order valence-electron chi connectivity index (χ3n) is 2.62. The van der Waals surface area contributed by atoms with Crippen molar-refractivity contribution >= 4 is 33.0 Å². The van der Waals surface area contributed by atoms with E-state index in [1.54, 1.807) is 19.5 Å². The fraction of sp³-hybridized carbons (Fsp3) is 0.154. The highest BCUT2D eigenvalue weighted by molar-refractivity contribution is 9.10. The van der Waals surface area contributed by atoms with Crippen molar-refractivity contribution in [1.29, 1.82) is 0 Å². The van der Waals surface area contributed by atoms with Crippen LogP contribution in [0.25, 0.3) is 0 Å². The highest BCUT2D eigenvalue weighted by atomic mass is 79.9. The van der Waals surface area contributed by atoms with Crippen LogP contribution in [0.1, 0.15) is 5.56 Å². The Morgan fingerprint density at radius 1 is 1.33 bits per heavy atom. The van der Waals surface area contributed by atoms with Gasteiger partial charge in [0, 0.05) is 11.9 Å². The molecule has 1 aromatic carbocycles. The van der Waals surface area contributed by atoms with Crippen LogP contribution in [0.4, 0.5) is 17.1 Å². The molecule has 0 unspecified atom stereocenters. The fourth-order valence-electron chi connectivity index (χ4n) is 1.62. The summed E-state index contributed by atoms with van der Waals surface area (Å²) in [4.78, 5) is 4.00. The Morgan fingerprint density at radius 2 is 2.11 bits per heavy atom.